The Labute approximate surface area is 164 Å². The molecule has 9 nitrogen and oxygen atoms in total. The summed E-state index contributed by atoms with van der Waals surface area (Å²) in [5, 5.41) is 0. The van der Waals surface area contributed by atoms with Crippen LogP contribution >= 0.6 is 7.60 Å². The lowest BCUT2D eigenvalue weighted by molar-refractivity contribution is -0.288. The highest BCUT2D eigenvalue weighted by molar-refractivity contribution is 7.51. The van der Waals surface area contributed by atoms with Crippen molar-refractivity contribution < 1.29 is 45.4 Å². The van der Waals surface area contributed by atoms with Gasteiger partial charge in [0.05, 0.1) is 25.7 Å². The van der Waals surface area contributed by atoms with Crippen molar-refractivity contribution in [3.05, 3.63) is 12.7 Å². The number of rotatable bonds is 7. The molecule has 1 fully saturated rings. The third kappa shape index (κ3) is 4.85. The Balaban J connectivity index is 2.02. The third-order valence-corrected chi connectivity index (χ3v) is 5.08. The van der Waals surface area contributed by atoms with Crippen LogP contribution in [0.2, 0.25) is 0 Å². The normalized spacial score (nSPS) is 23.5. The van der Waals surface area contributed by atoms with Gasteiger partial charge in [0.2, 0.25) is 0 Å². The molecule has 1 aliphatic carbocycles. The average molecular weight is 463 g/mol. The van der Waals surface area contributed by atoms with E-state index in [-0.39, 0.29) is 17.0 Å². The molecule has 0 amide bonds. The molecule has 3 rings (SSSR count). The summed E-state index contributed by atoms with van der Waals surface area (Å²) in [6.45, 7) is 0.0604. The number of hydrogen-bond acceptors (Lipinski definition) is 7. The van der Waals surface area contributed by atoms with Crippen molar-refractivity contribution in [3.8, 4) is 0 Å². The zero-order valence-electron chi connectivity index (χ0n) is 15.2. The summed E-state index contributed by atoms with van der Waals surface area (Å²) in [5.41, 5.74) is 1.05. The maximum Gasteiger partial charge on any atom is 0.389 e. The predicted molar refractivity (Wildman–Crippen MR) is 88.8 cm³/mol. The lowest BCUT2D eigenvalue weighted by Gasteiger charge is -2.27. The molecule has 1 saturated carbocycles. The summed E-state index contributed by atoms with van der Waals surface area (Å²) in [6.07, 6.45) is -12.2. The summed E-state index contributed by atoms with van der Waals surface area (Å²) in [7, 11) is -4.38. The third-order valence-electron chi connectivity index (χ3n) is 4.73. The van der Waals surface area contributed by atoms with Gasteiger partial charge in [0.25, 0.3) is 0 Å². The minimum absolute atomic E-state index is 0.0361. The van der Waals surface area contributed by atoms with Crippen molar-refractivity contribution in [2.24, 2.45) is 5.41 Å². The standard InChI is InChI=1S/C14H16F6N5O4P/c1-30(26,27)29-28-12(2-11(12,3-13(15,16)17)4-14(18,19)20)5-25-7-24-8-9(21)22-6-23-10(8)25/h6-7H,2-5H2,1H3,(H,26,27)(H2,21,22,23). The quantitative estimate of drug-likeness (QED) is 0.278. The number of nitrogens with zero attached hydrogens (tertiary/aromatic N) is 4. The molecule has 0 bridgehead atoms. The van der Waals surface area contributed by atoms with Gasteiger partial charge in [0, 0.05) is 12.1 Å². The highest BCUT2D eigenvalue weighted by Crippen LogP contribution is 2.69. The molecule has 2 unspecified atom stereocenters. The van der Waals surface area contributed by atoms with Crippen molar-refractivity contribution in [2.75, 3.05) is 12.4 Å². The van der Waals surface area contributed by atoms with Crippen LogP contribution in [0.15, 0.2) is 12.7 Å². The van der Waals surface area contributed by atoms with Gasteiger partial charge in [-0.05, 0) is 6.42 Å². The minimum atomic E-state index is -4.96. The van der Waals surface area contributed by atoms with Crippen molar-refractivity contribution in [3.63, 3.8) is 0 Å². The Morgan fingerprint density at radius 1 is 1.20 bits per heavy atom. The number of aromatic nitrogens is 4. The lowest BCUT2D eigenvalue weighted by Crippen LogP contribution is -2.35. The van der Waals surface area contributed by atoms with Crippen LogP contribution in [0.3, 0.4) is 0 Å². The van der Waals surface area contributed by atoms with E-state index >= 15 is 0 Å². The van der Waals surface area contributed by atoms with Crippen LogP contribution in [0, 0.1) is 5.41 Å². The second kappa shape index (κ2) is 7.04. The van der Waals surface area contributed by atoms with Crippen LogP contribution in [-0.4, -0.2) is 49.0 Å². The highest BCUT2D eigenvalue weighted by atomic mass is 31.2. The molecule has 1 aliphatic rings. The van der Waals surface area contributed by atoms with E-state index in [2.05, 4.69) is 19.6 Å². The van der Waals surface area contributed by atoms with E-state index in [0.29, 0.717) is 6.66 Å². The minimum Gasteiger partial charge on any atom is -0.382 e. The number of halogens is 6. The summed E-state index contributed by atoms with van der Waals surface area (Å²) in [6, 6.07) is 0. The number of anilines is 1. The maximum atomic E-state index is 13.1. The summed E-state index contributed by atoms with van der Waals surface area (Å²) < 4.78 is 95.7. The molecule has 3 N–H and O–H groups in total. The second-order valence-electron chi connectivity index (χ2n) is 7.30. The van der Waals surface area contributed by atoms with Gasteiger partial charge in [-0.1, -0.05) is 0 Å². The van der Waals surface area contributed by atoms with Crippen molar-refractivity contribution in [2.45, 2.75) is 43.8 Å². The first-order valence-electron chi connectivity index (χ1n) is 8.27. The molecule has 0 aromatic carbocycles. The van der Waals surface area contributed by atoms with Crippen LogP contribution in [-0.2, 0) is 20.7 Å². The number of hydrogen-bond donors (Lipinski definition) is 2. The Morgan fingerprint density at radius 2 is 1.80 bits per heavy atom. The number of nitrogens with two attached hydrogens (primary N) is 1. The molecule has 2 heterocycles. The smallest absolute Gasteiger partial charge is 0.382 e. The van der Waals surface area contributed by atoms with E-state index in [4.69, 9.17) is 10.6 Å². The van der Waals surface area contributed by atoms with Gasteiger partial charge < -0.3 is 15.2 Å². The first kappa shape index (κ1) is 22.7. The van der Waals surface area contributed by atoms with Crippen LogP contribution < -0.4 is 5.73 Å². The molecule has 168 valence electrons. The maximum absolute atomic E-state index is 13.1. The van der Waals surface area contributed by atoms with E-state index in [1.165, 1.54) is 0 Å². The monoisotopic (exact) mass is 463 g/mol. The Bertz CT molecular complexity index is 973. The van der Waals surface area contributed by atoms with E-state index < -0.39 is 56.8 Å². The average Bonchev–Trinajstić information content (AvgIpc) is 2.89. The van der Waals surface area contributed by atoms with Gasteiger partial charge in [-0.3, -0.25) is 4.57 Å². The predicted octanol–water partition coefficient (Wildman–Crippen LogP) is 3.21. The van der Waals surface area contributed by atoms with Crippen LogP contribution in [0.5, 0.6) is 0 Å². The lowest BCUT2D eigenvalue weighted by atomic mass is 9.92. The Kier molecular flexibility index (Phi) is 5.33. The van der Waals surface area contributed by atoms with Crippen LogP contribution in [0.1, 0.15) is 19.3 Å². The van der Waals surface area contributed by atoms with E-state index in [0.717, 1.165) is 17.2 Å². The second-order valence-corrected chi connectivity index (χ2v) is 9.05. The molecule has 0 aliphatic heterocycles. The topological polar surface area (TPSA) is 125 Å². The SMILES string of the molecule is CP(=O)(O)OOC1(Cn2cnc3c(N)ncnc32)CC1(CC(F)(F)F)CC(F)(F)F. The molecule has 0 radical (unpaired) electrons. The molecule has 0 saturated heterocycles. The van der Waals surface area contributed by atoms with E-state index in [1.807, 2.05) is 0 Å². The first-order valence-corrected chi connectivity index (χ1v) is 10.3. The molecule has 0 spiro atoms. The Morgan fingerprint density at radius 3 is 2.33 bits per heavy atom. The Hall–Kier alpha value is -1.96. The largest absolute Gasteiger partial charge is 0.389 e. The van der Waals surface area contributed by atoms with Gasteiger partial charge >= 0.3 is 19.9 Å². The number of nitrogen functional groups attached to an aromatic ring is 1. The van der Waals surface area contributed by atoms with Crippen LogP contribution in [0.4, 0.5) is 32.2 Å². The molecular formula is C14H16F6N5O4P. The van der Waals surface area contributed by atoms with Crippen molar-refractivity contribution in [1.29, 1.82) is 0 Å². The molecule has 2 aromatic rings. The van der Waals surface area contributed by atoms with Gasteiger partial charge in [-0.15, -0.1) is 4.67 Å². The summed E-state index contributed by atoms with van der Waals surface area (Å²) in [5.74, 6) is -0.0500. The molecule has 16 heteroatoms. The van der Waals surface area contributed by atoms with Crippen LogP contribution in [0.25, 0.3) is 11.2 Å². The fraction of sp³-hybridized carbons (Fsp3) is 0.643. The molecular weight excluding hydrogens is 447 g/mol. The van der Waals surface area contributed by atoms with Crippen molar-refractivity contribution >= 4 is 24.6 Å². The zero-order valence-corrected chi connectivity index (χ0v) is 16.1. The van der Waals surface area contributed by atoms with Gasteiger partial charge in [-0.2, -0.15) is 26.3 Å². The highest BCUT2D eigenvalue weighted by Gasteiger charge is 2.75. The van der Waals surface area contributed by atoms with Gasteiger partial charge in [0.1, 0.15) is 17.4 Å². The summed E-state index contributed by atoms with van der Waals surface area (Å²) in [4.78, 5) is 25.6. The number of imidazole rings is 1. The first-order chi connectivity index (χ1) is 13.6. The van der Waals surface area contributed by atoms with Gasteiger partial charge in [0.15, 0.2) is 11.5 Å². The van der Waals surface area contributed by atoms with E-state index in [9.17, 15) is 35.8 Å². The molecule has 30 heavy (non-hydrogen) atoms. The van der Waals surface area contributed by atoms with E-state index in [1.54, 1.807) is 0 Å². The number of alkyl halides is 6. The fourth-order valence-corrected chi connectivity index (χ4v) is 3.86. The molecule has 2 aromatic heterocycles. The summed E-state index contributed by atoms with van der Waals surface area (Å²) >= 11 is 0. The molecule has 2 atom stereocenters. The zero-order chi connectivity index (χ0) is 22.6. The number of fused-ring (bicyclic) bond motifs is 1. The van der Waals surface area contributed by atoms with Crippen molar-refractivity contribution in [1.82, 2.24) is 19.5 Å². The van der Waals surface area contributed by atoms with Gasteiger partial charge in [-0.25, -0.2) is 19.8 Å². The fourth-order valence-electron chi connectivity index (χ4n) is 3.58.